The Morgan fingerprint density at radius 3 is 2.94 bits per heavy atom. The summed E-state index contributed by atoms with van der Waals surface area (Å²) < 4.78 is 5.10. The van der Waals surface area contributed by atoms with Crippen LogP contribution in [0, 0.1) is 0 Å². The van der Waals surface area contributed by atoms with Crippen molar-refractivity contribution < 1.29 is 9.21 Å². The number of carbonyl (C=O) groups excluding carboxylic acids is 1. The zero-order valence-electron chi connectivity index (χ0n) is 8.90. The SMILES string of the molecule is CC1CNCCN1C(=O)c1ccc(Cl)o1.Cl. The topological polar surface area (TPSA) is 45.5 Å². The van der Waals surface area contributed by atoms with Crippen LogP contribution in [0.4, 0.5) is 0 Å². The summed E-state index contributed by atoms with van der Waals surface area (Å²) in [6, 6.07) is 3.39. The standard InChI is InChI=1S/C10H13ClN2O2.ClH/c1-7-6-12-4-5-13(7)10(14)8-2-3-9(11)15-8;/h2-3,7,12H,4-6H2,1H3;1H. The van der Waals surface area contributed by atoms with Crippen molar-refractivity contribution in [1.82, 2.24) is 10.2 Å². The van der Waals surface area contributed by atoms with E-state index in [4.69, 9.17) is 16.0 Å². The molecule has 1 saturated heterocycles. The number of halogens is 2. The Morgan fingerprint density at radius 1 is 1.62 bits per heavy atom. The van der Waals surface area contributed by atoms with Gasteiger partial charge in [-0.15, -0.1) is 12.4 Å². The van der Waals surface area contributed by atoms with Crippen molar-refractivity contribution >= 4 is 29.9 Å². The fraction of sp³-hybridized carbons (Fsp3) is 0.500. The van der Waals surface area contributed by atoms with Crippen LogP contribution in [0.1, 0.15) is 17.5 Å². The smallest absolute Gasteiger partial charge is 0.289 e. The lowest BCUT2D eigenvalue weighted by atomic mass is 10.2. The van der Waals surface area contributed by atoms with Gasteiger partial charge in [-0.3, -0.25) is 4.79 Å². The molecule has 0 saturated carbocycles. The second kappa shape index (κ2) is 5.57. The van der Waals surface area contributed by atoms with Crippen LogP contribution in [0.25, 0.3) is 0 Å². The van der Waals surface area contributed by atoms with Crippen molar-refractivity contribution in [3.63, 3.8) is 0 Å². The molecule has 4 nitrogen and oxygen atoms in total. The Morgan fingerprint density at radius 2 is 2.38 bits per heavy atom. The minimum Gasteiger partial charge on any atom is -0.440 e. The zero-order chi connectivity index (χ0) is 10.8. The number of rotatable bonds is 1. The molecule has 1 aromatic rings. The van der Waals surface area contributed by atoms with Crippen molar-refractivity contribution in [1.29, 1.82) is 0 Å². The first-order chi connectivity index (χ1) is 7.18. The van der Waals surface area contributed by atoms with Crippen LogP contribution in [0.15, 0.2) is 16.5 Å². The molecule has 1 aliphatic rings. The Labute approximate surface area is 105 Å². The Kier molecular flexibility index (Phi) is 4.65. The predicted octanol–water partition coefficient (Wildman–Crippen LogP) is 1.79. The lowest BCUT2D eigenvalue weighted by Crippen LogP contribution is -2.52. The van der Waals surface area contributed by atoms with Gasteiger partial charge >= 0.3 is 0 Å². The minimum absolute atomic E-state index is 0. The van der Waals surface area contributed by atoms with Gasteiger partial charge < -0.3 is 14.6 Å². The molecule has 16 heavy (non-hydrogen) atoms. The van der Waals surface area contributed by atoms with Gasteiger partial charge in [0.1, 0.15) is 0 Å². The number of hydrogen-bond donors (Lipinski definition) is 1. The highest BCUT2D eigenvalue weighted by Crippen LogP contribution is 2.16. The summed E-state index contributed by atoms with van der Waals surface area (Å²) in [5, 5.41) is 3.48. The Hall–Kier alpha value is -0.710. The van der Waals surface area contributed by atoms with Gasteiger partial charge in [0.15, 0.2) is 11.0 Å². The Bertz CT molecular complexity index is 367. The van der Waals surface area contributed by atoms with Gasteiger partial charge in [0, 0.05) is 25.7 Å². The van der Waals surface area contributed by atoms with Gasteiger partial charge in [0.05, 0.1) is 0 Å². The maximum Gasteiger partial charge on any atom is 0.289 e. The van der Waals surface area contributed by atoms with E-state index in [1.165, 1.54) is 0 Å². The zero-order valence-corrected chi connectivity index (χ0v) is 10.5. The summed E-state index contributed by atoms with van der Waals surface area (Å²) >= 11 is 5.63. The normalized spacial score (nSPS) is 20.4. The number of furan rings is 1. The molecule has 1 aliphatic heterocycles. The summed E-state index contributed by atoms with van der Waals surface area (Å²) in [7, 11) is 0. The van der Waals surface area contributed by atoms with E-state index in [1.54, 1.807) is 17.0 Å². The molecule has 90 valence electrons. The Balaban J connectivity index is 0.00000128. The maximum absolute atomic E-state index is 12.0. The molecule has 0 aliphatic carbocycles. The van der Waals surface area contributed by atoms with Gasteiger partial charge in [-0.2, -0.15) is 0 Å². The number of carbonyl (C=O) groups is 1. The van der Waals surface area contributed by atoms with Gasteiger partial charge in [-0.1, -0.05) is 0 Å². The summed E-state index contributed by atoms with van der Waals surface area (Å²) in [6.07, 6.45) is 0. The van der Waals surface area contributed by atoms with E-state index in [9.17, 15) is 4.79 Å². The predicted molar refractivity (Wildman–Crippen MR) is 64.3 cm³/mol. The molecule has 1 N–H and O–H groups in total. The first-order valence-electron chi connectivity index (χ1n) is 4.95. The number of nitrogens with zero attached hydrogens (tertiary/aromatic N) is 1. The van der Waals surface area contributed by atoms with E-state index in [1.807, 2.05) is 6.92 Å². The highest BCUT2D eigenvalue weighted by Gasteiger charge is 2.25. The summed E-state index contributed by atoms with van der Waals surface area (Å²) in [5.41, 5.74) is 0. The molecular weight excluding hydrogens is 251 g/mol. The van der Waals surface area contributed by atoms with Crippen LogP contribution in [0.3, 0.4) is 0 Å². The first kappa shape index (κ1) is 13.4. The van der Waals surface area contributed by atoms with Crippen LogP contribution >= 0.6 is 24.0 Å². The highest BCUT2D eigenvalue weighted by atomic mass is 35.5. The monoisotopic (exact) mass is 264 g/mol. The average Bonchev–Trinajstić information content (AvgIpc) is 2.65. The molecule has 6 heteroatoms. The summed E-state index contributed by atoms with van der Waals surface area (Å²) in [5.74, 6) is 0.227. The molecule has 0 aromatic carbocycles. The van der Waals surface area contributed by atoms with Gasteiger partial charge in [0.2, 0.25) is 0 Å². The maximum atomic E-state index is 12.0. The fourth-order valence-electron chi connectivity index (χ4n) is 1.71. The molecule has 0 radical (unpaired) electrons. The van der Waals surface area contributed by atoms with Crippen LogP contribution in [-0.4, -0.2) is 36.5 Å². The lowest BCUT2D eigenvalue weighted by Gasteiger charge is -2.33. The van der Waals surface area contributed by atoms with E-state index in [0.717, 1.165) is 13.1 Å². The molecule has 0 spiro atoms. The quantitative estimate of drug-likeness (QED) is 0.842. The molecule has 1 atom stereocenters. The number of piperazine rings is 1. The van der Waals surface area contributed by atoms with E-state index in [2.05, 4.69) is 5.32 Å². The highest BCUT2D eigenvalue weighted by molar-refractivity contribution is 6.29. The summed E-state index contributed by atoms with van der Waals surface area (Å²) in [6.45, 7) is 4.36. The second-order valence-corrected chi connectivity index (χ2v) is 4.03. The van der Waals surface area contributed by atoms with E-state index >= 15 is 0 Å². The summed E-state index contributed by atoms with van der Waals surface area (Å²) in [4.78, 5) is 13.8. The van der Waals surface area contributed by atoms with Crippen LogP contribution in [-0.2, 0) is 0 Å². The number of hydrogen-bond acceptors (Lipinski definition) is 3. The third-order valence-electron chi connectivity index (χ3n) is 2.55. The average molecular weight is 265 g/mol. The molecule has 1 unspecified atom stereocenters. The van der Waals surface area contributed by atoms with Crippen LogP contribution < -0.4 is 5.32 Å². The van der Waals surface area contributed by atoms with Crippen molar-refractivity contribution in [3.8, 4) is 0 Å². The fourth-order valence-corrected chi connectivity index (χ4v) is 1.86. The van der Waals surface area contributed by atoms with E-state index in [0.29, 0.717) is 12.3 Å². The van der Waals surface area contributed by atoms with Crippen LogP contribution in [0.2, 0.25) is 5.22 Å². The first-order valence-corrected chi connectivity index (χ1v) is 5.33. The molecule has 2 heterocycles. The second-order valence-electron chi connectivity index (χ2n) is 3.66. The van der Waals surface area contributed by atoms with Crippen molar-refractivity contribution in [2.45, 2.75) is 13.0 Å². The van der Waals surface area contributed by atoms with Crippen molar-refractivity contribution in [2.75, 3.05) is 19.6 Å². The molecular formula is C10H14Cl2N2O2. The van der Waals surface area contributed by atoms with Gasteiger partial charge in [-0.25, -0.2) is 0 Å². The largest absolute Gasteiger partial charge is 0.440 e. The molecule has 0 bridgehead atoms. The molecule has 1 amide bonds. The third kappa shape index (κ3) is 2.70. The lowest BCUT2D eigenvalue weighted by molar-refractivity contribution is 0.0623. The van der Waals surface area contributed by atoms with Crippen molar-refractivity contribution in [3.05, 3.63) is 23.1 Å². The number of amides is 1. The van der Waals surface area contributed by atoms with E-state index < -0.39 is 0 Å². The van der Waals surface area contributed by atoms with Gasteiger partial charge in [0.25, 0.3) is 5.91 Å². The third-order valence-corrected chi connectivity index (χ3v) is 2.75. The minimum atomic E-state index is -0.0871. The molecule has 1 fully saturated rings. The molecule has 1 aromatic heterocycles. The van der Waals surface area contributed by atoms with E-state index in [-0.39, 0.29) is 29.6 Å². The van der Waals surface area contributed by atoms with Gasteiger partial charge in [-0.05, 0) is 30.7 Å². The van der Waals surface area contributed by atoms with Crippen molar-refractivity contribution in [2.24, 2.45) is 0 Å². The number of nitrogens with one attached hydrogen (secondary N) is 1. The van der Waals surface area contributed by atoms with Crippen LogP contribution in [0.5, 0.6) is 0 Å². The molecule has 2 rings (SSSR count).